The minimum Gasteiger partial charge on any atom is -0.323 e. The lowest BCUT2D eigenvalue weighted by atomic mass is 10.1. The summed E-state index contributed by atoms with van der Waals surface area (Å²) in [6.45, 7) is 4.37. The molecular weight excluding hydrogens is 178 g/mol. The number of aryl methyl sites for hydroxylation is 1. The molecule has 1 aromatic rings. The third-order valence-corrected chi connectivity index (χ3v) is 3.51. The molecule has 1 rings (SSSR count). The van der Waals surface area contributed by atoms with Crippen LogP contribution in [0.4, 0.5) is 0 Å². The predicted molar refractivity (Wildman–Crippen MR) is 60.1 cm³/mol. The van der Waals surface area contributed by atoms with Crippen LogP contribution in [0.5, 0.6) is 0 Å². The molecule has 1 aromatic heterocycles. The summed E-state index contributed by atoms with van der Waals surface area (Å²) in [7, 11) is 0. The van der Waals surface area contributed by atoms with Crippen molar-refractivity contribution in [3.63, 3.8) is 0 Å². The molecule has 0 aliphatic rings. The van der Waals surface area contributed by atoms with Gasteiger partial charge in [-0.05, 0) is 30.4 Å². The lowest BCUT2D eigenvalue weighted by molar-refractivity contribution is 0.586. The van der Waals surface area contributed by atoms with Crippen LogP contribution in [0.1, 0.15) is 49.1 Å². The Balaban J connectivity index is 2.39. The lowest BCUT2D eigenvalue weighted by Gasteiger charge is -2.10. The van der Waals surface area contributed by atoms with E-state index in [1.807, 2.05) is 0 Å². The molecule has 0 unspecified atom stereocenters. The number of unbranched alkanes of at least 4 members (excludes halogenated alkanes) is 2. The van der Waals surface area contributed by atoms with Gasteiger partial charge in [-0.15, -0.1) is 11.3 Å². The van der Waals surface area contributed by atoms with E-state index < -0.39 is 0 Å². The molecule has 2 N–H and O–H groups in total. The predicted octanol–water partition coefficient (Wildman–Crippen LogP) is 3.64. The Bertz CT molecular complexity index is 242. The minimum absolute atomic E-state index is 0.270. The number of hydrogen-bond donors (Lipinski definition) is 1. The molecular formula is C11H19NS. The molecule has 0 saturated carbocycles. The zero-order valence-electron chi connectivity index (χ0n) is 8.55. The maximum Gasteiger partial charge on any atom is 0.0392 e. The number of hydrogen-bond acceptors (Lipinski definition) is 2. The zero-order valence-corrected chi connectivity index (χ0v) is 9.36. The number of thiophene rings is 1. The van der Waals surface area contributed by atoms with Gasteiger partial charge in [0, 0.05) is 10.9 Å². The van der Waals surface area contributed by atoms with Crippen molar-refractivity contribution < 1.29 is 0 Å². The Kier molecular flexibility index (Phi) is 4.46. The highest BCUT2D eigenvalue weighted by Crippen LogP contribution is 2.25. The van der Waals surface area contributed by atoms with Gasteiger partial charge in [-0.2, -0.15) is 0 Å². The van der Waals surface area contributed by atoms with Gasteiger partial charge in [0.1, 0.15) is 0 Å². The van der Waals surface area contributed by atoms with E-state index in [-0.39, 0.29) is 6.04 Å². The van der Waals surface area contributed by atoms with E-state index in [9.17, 15) is 0 Å². The van der Waals surface area contributed by atoms with Gasteiger partial charge in [-0.1, -0.05) is 26.2 Å². The van der Waals surface area contributed by atoms with E-state index in [2.05, 4.69) is 25.3 Å². The molecule has 13 heavy (non-hydrogen) atoms. The Morgan fingerprint density at radius 2 is 2.23 bits per heavy atom. The third-order valence-electron chi connectivity index (χ3n) is 2.36. The smallest absolute Gasteiger partial charge is 0.0392 e. The minimum atomic E-state index is 0.270. The van der Waals surface area contributed by atoms with Crippen LogP contribution in [0.2, 0.25) is 0 Å². The summed E-state index contributed by atoms with van der Waals surface area (Å²) in [6, 6.07) is 2.42. The van der Waals surface area contributed by atoms with Gasteiger partial charge in [0.25, 0.3) is 0 Å². The second-order valence-corrected chi connectivity index (χ2v) is 4.52. The van der Waals surface area contributed by atoms with Gasteiger partial charge >= 0.3 is 0 Å². The molecule has 1 heterocycles. The van der Waals surface area contributed by atoms with Gasteiger partial charge in [-0.3, -0.25) is 0 Å². The van der Waals surface area contributed by atoms with Gasteiger partial charge in [0.2, 0.25) is 0 Å². The Hall–Kier alpha value is -0.340. The SMILES string of the molecule is CCCCC[C@@H](N)c1sccc1C. The average molecular weight is 197 g/mol. The number of rotatable bonds is 5. The monoisotopic (exact) mass is 197 g/mol. The molecule has 0 saturated heterocycles. The molecule has 1 nitrogen and oxygen atoms in total. The second-order valence-electron chi connectivity index (χ2n) is 3.57. The first-order valence-corrected chi connectivity index (χ1v) is 5.93. The first-order valence-electron chi connectivity index (χ1n) is 5.05. The molecule has 0 aliphatic heterocycles. The molecule has 2 heteroatoms. The summed E-state index contributed by atoms with van der Waals surface area (Å²) in [6.07, 6.45) is 4.97. The zero-order chi connectivity index (χ0) is 9.68. The Morgan fingerprint density at radius 1 is 1.46 bits per heavy atom. The molecule has 74 valence electrons. The van der Waals surface area contributed by atoms with E-state index in [4.69, 9.17) is 5.73 Å². The average Bonchev–Trinajstić information content (AvgIpc) is 2.52. The summed E-state index contributed by atoms with van der Waals surface area (Å²) in [5.74, 6) is 0. The molecule has 0 spiro atoms. The van der Waals surface area contributed by atoms with Crippen molar-refractivity contribution in [3.05, 3.63) is 21.9 Å². The number of nitrogens with two attached hydrogens (primary N) is 1. The van der Waals surface area contributed by atoms with Crippen LogP contribution in [-0.2, 0) is 0 Å². The van der Waals surface area contributed by atoms with Crippen LogP contribution >= 0.6 is 11.3 Å². The van der Waals surface area contributed by atoms with E-state index >= 15 is 0 Å². The molecule has 0 bridgehead atoms. The van der Waals surface area contributed by atoms with E-state index in [0.717, 1.165) is 6.42 Å². The van der Waals surface area contributed by atoms with Crippen molar-refractivity contribution in [2.45, 2.75) is 45.6 Å². The van der Waals surface area contributed by atoms with Crippen molar-refractivity contribution in [1.29, 1.82) is 0 Å². The van der Waals surface area contributed by atoms with Crippen molar-refractivity contribution in [2.24, 2.45) is 5.73 Å². The molecule has 0 amide bonds. The normalized spacial score (nSPS) is 13.2. The molecule has 0 aromatic carbocycles. The molecule has 0 fully saturated rings. The van der Waals surface area contributed by atoms with Crippen molar-refractivity contribution in [2.75, 3.05) is 0 Å². The first kappa shape index (κ1) is 10.7. The van der Waals surface area contributed by atoms with Gasteiger partial charge in [0.15, 0.2) is 0 Å². The Labute approximate surface area is 85.0 Å². The van der Waals surface area contributed by atoms with Crippen LogP contribution in [0.25, 0.3) is 0 Å². The fourth-order valence-corrected chi connectivity index (χ4v) is 2.47. The standard InChI is InChI=1S/C11H19NS/c1-3-4-5-6-10(12)11-9(2)7-8-13-11/h7-8,10H,3-6,12H2,1-2H3/t10-/m1/s1. The largest absolute Gasteiger partial charge is 0.323 e. The third kappa shape index (κ3) is 3.12. The molecule has 0 radical (unpaired) electrons. The van der Waals surface area contributed by atoms with Gasteiger partial charge < -0.3 is 5.73 Å². The highest BCUT2D eigenvalue weighted by atomic mass is 32.1. The fraction of sp³-hybridized carbons (Fsp3) is 0.636. The van der Waals surface area contributed by atoms with Crippen molar-refractivity contribution in [1.82, 2.24) is 0 Å². The fourth-order valence-electron chi connectivity index (χ4n) is 1.51. The van der Waals surface area contributed by atoms with Crippen LogP contribution in [0.15, 0.2) is 11.4 Å². The van der Waals surface area contributed by atoms with E-state index in [1.54, 1.807) is 11.3 Å². The maximum atomic E-state index is 6.09. The van der Waals surface area contributed by atoms with Crippen molar-refractivity contribution >= 4 is 11.3 Å². The van der Waals surface area contributed by atoms with Crippen LogP contribution < -0.4 is 5.73 Å². The van der Waals surface area contributed by atoms with Crippen LogP contribution in [-0.4, -0.2) is 0 Å². The highest BCUT2D eigenvalue weighted by molar-refractivity contribution is 7.10. The highest BCUT2D eigenvalue weighted by Gasteiger charge is 2.09. The van der Waals surface area contributed by atoms with Crippen LogP contribution in [0, 0.1) is 6.92 Å². The maximum absolute atomic E-state index is 6.09. The quantitative estimate of drug-likeness (QED) is 0.717. The Morgan fingerprint density at radius 3 is 2.77 bits per heavy atom. The molecule has 1 atom stereocenters. The molecule has 0 aliphatic carbocycles. The van der Waals surface area contributed by atoms with E-state index in [1.165, 1.54) is 29.7 Å². The van der Waals surface area contributed by atoms with Gasteiger partial charge in [-0.25, -0.2) is 0 Å². The summed E-state index contributed by atoms with van der Waals surface area (Å²) in [5, 5.41) is 2.13. The summed E-state index contributed by atoms with van der Waals surface area (Å²) in [5.41, 5.74) is 7.45. The lowest BCUT2D eigenvalue weighted by Crippen LogP contribution is -2.09. The van der Waals surface area contributed by atoms with E-state index in [0.29, 0.717) is 0 Å². The van der Waals surface area contributed by atoms with Crippen LogP contribution in [0.3, 0.4) is 0 Å². The first-order chi connectivity index (χ1) is 6.25. The van der Waals surface area contributed by atoms with Gasteiger partial charge in [0.05, 0.1) is 0 Å². The second kappa shape index (κ2) is 5.40. The summed E-state index contributed by atoms with van der Waals surface area (Å²) in [4.78, 5) is 1.37. The topological polar surface area (TPSA) is 26.0 Å². The van der Waals surface area contributed by atoms with Crippen molar-refractivity contribution in [3.8, 4) is 0 Å². The summed E-state index contributed by atoms with van der Waals surface area (Å²) < 4.78 is 0. The summed E-state index contributed by atoms with van der Waals surface area (Å²) >= 11 is 1.79.